The van der Waals surface area contributed by atoms with E-state index in [-0.39, 0.29) is 36.1 Å². The summed E-state index contributed by atoms with van der Waals surface area (Å²) in [7, 11) is 0. The summed E-state index contributed by atoms with van der Waals surface area (Å²) in [6, 6.07) is 7.43. The van der Waals surface area contributed by atoms with Gasteiger partial charge in [0.25, 0.3) is 5.56 Å². The van der Waals surface area contributed by atoms with E-state index < -0.39 is 17.4 Å². The molecule has 0 saturated heterocycles. The van der Waals surface area contributed by atoms with Crippen LogP contribution in [-0.2, 0) is 25.6 Å². The highest BCUT2D eigenvalue weighted by Gasteiger charge is 2.34. The van der Waals surface area contributed by atoms with E-state index in [9.17, 15) is 27.9 Å². The summed E-state index contributed by atoms with van der Waals surface area (Å²) in [4.78, 5) is 29.6. The largest absolute Gasteiger partial charge is 0.494 e. The first-order chi connectivity index (χ1) is 14.7. The second kappa shape index (κ2) is 9.38. The van der Waals surface area contributed by atoms with Gasteiger partial charge in [-0.3, -0.25) is 19.1 Å². The normalized spacial score (nSPS) is 11.6. The summed E-state index contributed by atoms with van der Waals surface area (Å²) in [5.74, 6) is 0.445. The van der Waals surface area contributed by atoms with Gasteiger partial charge in [-0.15, -0.1) is 0 Å². The predicted octanol–water partition coefficient (Wildman–Crippen LogP) is 3.34. The fourth-order valence-corrected chi connectivity index (χ4v) is 3.73. The van der Waals surface area contributed by atoms with Crippen molar-refractivity contribution >= 4 is 11.3 Å². The van der Waals surface area contributed by atoms with Crippen LogP contribution in [-0.4, -0.2) is 26.2 Å². The first-order valence-electron chi connectivity index (χ1n) is 9.48. The van der Waals surface area contributed by atoms with Crippen molar-refractivity contribution < 1.29 is 23.0 Å². The Hall–Kier alpha value is -3.08. The van der Waals surface area contributed by atoms with Gasteiger partial charge in [-0.25, -0.2) is 4.98 Å². The van der Waals surface area contributed by atoms with E-state index in [4.69, 9.17) is 4.74 Å². The van der Waals surface area contributed by atoms with Crippen LogP contribution in [0.2, 0.25) is 0 Å². The van der Waals surface area contributed by atoms with Crippen molar-refractivity contribution in [3.63, 3.8) is 0 Å². The van der Waals surface area contributed by atoms with Crippen LogP contribution < -0.4 is 15.2 Å². The third-order valence-electron chi connectivity index (χ3n) is 4.42. The Morgan fingerprint density at radius 1 is 1.23 bits per heavy atom. The molecule has 0 spiro atoms. The Labute approximate surface area is 178 Å². The first-order valence-corrected chi connectivity index (χ1v) is 10.3. The molecule has 0 radical (unpaired) electrons. The van der Waals surface area contributed by atoms with Crippen LogP contribution in [0.3, 0.4) is 0 Å². The van der Waals surface area contributed by atoms with Gasteiger partial charge in [-0.1, -0.05) is 30.4 Å². The maximum atomic E-state index is 12.9. The standard InChI is InChI=1S/C20H20F3N3O4S/c1-2-3-16-24-15(20(21,22)23)11-17(27)26(16)8-9-30-13-6-4-12(5-7-13)10-14-18(28)25-19(29)31-14/h4-7,11,28H,2-3,8-10H2,1H3,(H,25,29). The fraction of sp³-hybridized carbons (Fsp3) is 0.350. The van der Waals surface area contributed by atoms with Gasteiger partial charge in [0.1, 0.15) is 18.2 Å². The zero-order chi connectivity index (χ0) is 22.6. The minimum absolute atomic E-state index is 0.0617. The van der Waals surface area contributed by atoms with Crippen molar-refractivity contribution in [3.8, 4) is 11.6 Å². The number of aromatic nitrogens is 3. The third kappa shape index (κ3) is 5.75. The summed E-state index contributed by atoms with van der Waals surface area (Å²) in [5, 5.41) is 9.65. The number of nitrogens with zero attached hydrogens (tertiary/aromatic N) is 2. The molecule has 3 aromatic rings. The lowest BCUT2D eigenvalue weighted by molar-refractivity contribution is -0.141. The van der Waals surface area contributed by atoms with Crippen molar-refractivity contribution in [1.82, 2.24) is 14.5 Å². The average Bonchev–Trinajstić information content (AvgIpc) is 3.01. The molecule has 0 aliphatic rings. The molecule has 0 amide bonds. The van der Waals surface area contributed by atoms with Crippen molar-refractivity contribution in [2.45, 2.75) is 38.9 Å². The smallest absolute Gasteiger partial charge is 0.433 e. The predicted molar refractivity (Wildman–Crippen MR) is 109 cm³/mol. The first kappa shape index (κ1) is 22.6. The zero-order valence-electron chi connectivity index (χ0n) is 16.5. The van der Waals surface area contributed by atoms with Crippen LogP contribution in [0.4, 0.5) is 13.2 Å². The van der Waals surface area contributed by atoms with Gasteiger partial charge in [0, 0.05) is 18.9 Å². The summed E-state index contributed by atoms with van der Waals surface area (Å²) >= 11 is 0.933. The lowest BCUT2D eigenvalue weighted by Crippen LogP contribution is -2.29. The number of aromatic amines is 1. The molecule has 0 aliphatic carbocycles. The molecule has 166 valence electrons. The van der Waals surface area contributed by atoms with E-state index in [2.05, 4.69) is 9.97 Å². The Bertz CT molecular complexity index is 1150. The number of benzene rings is 1. The highest BCUT2D eigenvalue weighted by atomic mass is 32.1. The monoisotopic (exact) mass is 455 g/mol. The SMILES string of the molecule is CCCc1nc(C(F)(F)F)cc(=O)n1CCOc1ccc(Cc2sc(=O)[nH]c2O)cc1. The molecule has 1 aromatic carbocycles. The number of hydrogen-bond acceptors (Lipinski definition) is 6. The molecular weight excluding hydrogens is 435 g/mol. The molecule has 11 heteroatoms. The number of rotatable bonds is 8. The number of H-pyrrole nitrogens is 1. The van der Waals surface area contributed by atoms with Crippen molar-refractivity contribution in [3.05, 3.63) is 72.3 Å². The lowest BCUT2D eigenvalue weighted by Gasteiger charge is -2.15. The van der Waals surface area contributed by atoms with Crippen LogP contribution in [0.15, 0.2) is 39.9 Å². The maximum Gasteiger partial charge on any atom is 0.433 e. The highest BCUT2D eigenvalue weighted by Crippen LogP contribution is 2.27. The van der Waals surface area contributed by atoms with Crippen LogP contribution >= 0.6 is 11.3 Å². The van der Waals surface area contributed by atoms with E-state index in [1.165, 1.54) is 4.57 Å². The molecule has 2 heterocycles. The average molecular weight is 455 g/mol. The number of ether oxygens (including phenoxy) is 1. The number of halogens is 3. The minimum atomic E-state index is -4.67. The summed E-state index contributed by atoms with van der Waals surface area (Å²) in [6.45, 7) is 1.93. The van der Waals surface area contributed by atoms with Gasteiger partial charge in [-0.2, -0.15) is 13.2 Å². The molecular formula is C20H20F3N3O4S. The Morgan fingerprint density at radius 2 is 1.94 bits per heavy atom. The molecule has 0 saturated carbocycles. The number of thiazole rings is 1. The molecule has 0 bridgehead atoms. The van der Waals surface area contributed by atoms with E-state index in [1.807, 2.05) is 0 Å². The number of nitrogens with one attached hydrogen (secondary N) is 1. The van der Waals surface area contributed by atoms with Gasteiger partial charge >= 0.3 is 11.0 Å². The highest BCUT2D eigenvalue weighted by molar-refractivity contribution is 7.09. The molecule has 0 aliphatic heterocycles. The van der Waals surface area contributed by atoms with E-state index in [0.717, 1.165) is 16.9 Å². The van der Waals surface area contributed by atoms with Gasteiger partial charge in [0.05, 0.1) is 11.4 Å². The van der Waals surface area contributed by atoms with Crippen LogP contribution in [0.1, 0.15) is 35.3 Å². The van der Waals surface area contributed by atoms with Gasteiger partial charge in [-0.05, 0) is 24.1 Å². The Morgan fingerprint density at radius 3 is 2.52 bits per heavy atom. The second-order valence-corrected chi connectivity index (χ2v) is 7.82. The number of hydrogen-bond donors (Lipinski definition) is 2. The zero-order valence-corrected chi connectivity index (χ0v) is 17.3. The van der Waals surface area contributed by atoms with Crippen molar-refractivity contribution in [1.29, 1.82) is 0 Å². The van der Waals surface area contributed by atoms with Crippen molar-refractivity contribution in [2.24, 2.45) is 0 Å². The van der Waals surface area contributed by atoms with E-state index in [0.29, 0.717) is 29.5 Å². The molecule has 0 fully saturated rings. The molecule has 2 aromatic heterocycles. The number of alkyl halides is 3. The number of aromatic hydroxyl groups is 1. The molecule has 7 nitrogen and oxygen atoms in total. The summed E-state index contributed by atoms with van der Waals surface area (Å²) in [5.41, 5.74) is -1.10. The maximum absolute atomic E-state index is 12.9. The molecule has 3 rings (SSSR count). The lowest BCUT2D eigenvalue weighted by atomic mass is 10.1. The third-order valence-corrected chi connectivity index (χ3v) is 5.30. The van der Waals surface area contributed by atoms with Crippen LogP contribution in [0, 0.1) is 0 Å². The quantitative estimate of drug-likeness (QED) is 0.543. The Balaban J connectivity index is 1.65. The topological polar surface area (TPSA) is 97.2 Å². The molecule has 0 unspecified atom stereocenters. The van der Waals surface area contributed by atoms with Crippen molar-refractivity contribution in [2.75, 3.05) is 6.61 Å². The van der Waals surface area contributed by atoms with Gasteiger partial charge < -0.3 is 9.84 Å². The fourth-order valence-electron chi connectivity index (χ4n) is 2.97. The van der Waals surface area contributed by atoms with E-state index >= 15 is 0 Å². The minimum Gasteiger partial charge on any atom is -0.494 e. The second-order valence-electron chi connectivity index (χ2n) is 6.75. The molecule has 31 heavy (non-hydrogen) atoms. The van der Waals surface area contributed by atoms with Crippen LogP contribution in [0.5, 0.6) is 11.6 Å². The summed E-state index contributed by atoms with van der Waals surface area (Å²) < 4.78 is 45.6. The van der Waals surface area contributed by atoms with Crippen LogP contribution in [0.25, 0.3) is 0 Å². The van der Waals surface area contributed by atoms with Gasteiger partial charge in [0.15, 0.2) is 5.69 Å². The van der Waals surface area contributed by atoms with Gasteiger partial charge in [0.2, 0.25) is 5.88 Å². The number of aryl methyl sites for hydroxylation is 1. The Kier molecular flexibility index (Phi) is 6.84. The van der Waals surface area contributed by atoms with E-state index in [1.54, 1.807) is 31.2 Å². The summed E-state index contributed by atoms with van der Waals surface area (Å²) in [6.07, 6.45) is -3.51. The molecule has 0 atom stereocenters. The molecule has 2 N–H and O–H groups in total.